The molecule has 0 amide bonds. The SMILES string of the molecule is Cc1ccc(S(=O)(=O)Nc2nc(C)nc(-c3ccccn3)n2)cc1. The van der Waals surface area contributed by atoms with Crippen molar-refractivity contribution < 1.29 is 8.42 Å². The lowest BCUT2D eigenvalue weighted by Crippen LogP contribution is -2.16. The molecular weight excluding hydrogens is 326 g/mol. The topological polar surface area (TPSA) is 97.7 Å². The molecule has 0 spiro atoms. The summed E-state index contributed by atoms with van der Waals surface area (Å²) in [5.74, 6) is 0.667. The fraction of sp³-hybridized carbons (Fsp3) is 0.125. The van der Waals surface area contributed by atoms with Crippen molar-refractivity contribution >= 4 is 16.0 Å². The first-order valence-corrected chi connectivity index (χ1v) is 8.66. The van der Waals surface area contributed by atoms with E-state index in [-0.39, 0.29) is 10.8 Å². The Morgan fingerprint density at radius 3 is 2.33 bits per heavy atom. The van der Waals surface area contributed by atoms with Gasteiger partial charge in [0, 0.05) is 6.20 Å². The minimum absolute atomic E-state index is 0.0382. The van der Waals surface area contributed by atoms with E-state index in [4.69, 9.17) is 0 Å². The van der Waals surface area contributed by atoms with Crippen LogP contribution in [-0.4, -0.2) is 28.4 Å². The van der Waals surface area contributed by atoms with Crippen molar-refractivity contribution in [2.45, 2.75) is 18.7 Å². The summed E-state index contributed by atoms with van der Waals surface area (Å²) >= 11 is 0. The fourth-order valence-corrected chi connectivity index (χ4v) is 2.98. The summed E-state index contributed by atoms with van der Waals surface area (Å²) in [6.45, 7) is 3.55. The molecule has 8 heteroatoms. The lowest BCUT2D eigenvalue weighted by atomic mass is 10.2. The monoisotopic (exact) mass is 341 g/mol. The van der Waals surface area contributed by atoms with Crippen molar-refractivity contribution in [2.24, 2.45) is 0 Å². The van der Waals surface area contributed by atoms with Gasteiger partial charge >= 0.3 is 0 Å². The smallest absolute Gasteiger partial charge is 0.253 e. The molecule has 0 bridgehead atoms. The molecule has 1 N–H and O–H groups in total. The second kappa shape index (κ2) is 6.32. The Morgan fingerprint density at radius 2 is 1.67 bits per heavy atom. The van der Waals surface area contributed by atoms with E-state index in [0.717, 1.165) is 5.56 Å². The molecule has 0 aliphatic rings. The maximum atomic E-state index is 12.4. The Bertz CT molecular complexity index is 958. The Morgan fingerprint density at radius 1 is 0.917 bits per heavy atom. The zero-order valence-electron chi connectivity index (χ0n) is 13.1. The molecule has 1 aromatic carbocycles. The highest BCUT2D eigenvalue weighted by molar-refractivity contribution is 7.92. The molecule has 0 radical (unpaired) electrons. The molecule has 7 nitrogen and oxygen atoms in total. The number of benzene rings is 1. The second-order valence-electron chi connectivity index (χ2n) is 5.16. The van der Waals surface area contributed by atoms with Crippen molar-refractivity contribution in [3.63, 3.8) is 0 Å². The highest BCUT2D eigenvalue weighted by Crippen LogP contribution is 2.17. The Labute approximate surface area is 139 Å². The number of aryl methyl sites for hydroxylation is 2. The van der Waals surface area contributed by atoms with Crippen molar-refractivity contribution in [2.75, 3.05) is 4.72 Å². The molecule has 2 heterocycles. The Balaban J connectivity index is 1.95. The molecule has 122 valence electrons. The van der Waals surface area contributed by atoms with E-state index in [2.05, 4.69) is 24.7 Å². The third kappa shape index (κ3) is 3.54. The van der Waals surface area contributed by atoms with Gasteiger partial charge in [-0.2, -0.15) is 9.97 Å². The first-order chi connectivity index (χ1) is 11.4. The summed E-state index contributed by atoms with van der Waals surface area (Å²) in [6, 6.07) is 11.8. The zero-order chi connectivity index (χ0) is 17.2. The van der Waals surface area contributed by atoms with Crippen molar-refractivity contribution in [1.29, 1.82) is 0 Å². The zero-order valence-corrected chi connectivity index (χ0v) is 13.9. The Kier molecular flexibility index (Phi) is 4.22. The van der Waals surface area contributed by atoms with Gasteiger partial charge in [-0.25, -0.2) is 18.1 Å². The molecule has 3 rings (SSSR count). The first-order valence-electron chi connectivity index (χ1n) is 7.18. The normalized spacial score (nSPS) is 11.2. The quantitative estimate of drug-likeness (QED) is 0.782. The number of anilines is 1. The number of rotatable bonds is 4. The number of hydrogen-bond donors (Lipinski definition) is 1. The molecular formula is C16H15N5O2S. The van der Waals surface area contributed by atoms with Crippen molar-refractivity contribution in [3.8, 4) is 11.5 Å². The summed E-state index contributed by atoms with van der Waals surface area (Å²) in [7, 11) is -3.77. The van der Waals surface area contributed by atoms with E-state index in [1.165, 1.54) is 12.1 Å². The van der Waals surface area contributed by atoms with Crippen LogP contribution < -0.4 is 4.72 Å². The van der Waals surface area contributed by atoms with Crippen LogP contribution >= 0.6 is 0 Å². The van der Waals surface area contributed by atoms with E-state index in [9.17, 15) is 8.42 Å². The molecule has 0 atom stereocenters. The van der Waals surface area contributed by atoms with Crippen molar-refractivity contribution in [3.05, 3.63) is 60.0 Å². The predicted octanol–water partition coefficient (Wildman–Crippen LogP) is 2.35. The van der Waals surface area contributed by atoms with Gasteiger partial charge < -0.3 is 0 Å². The van der Waals surface area contributed by atoms with E-state index < -0.39 is 10.0 Å². The fourth-order valence-electron chi connectivity index (χ4n) is 2.03. The van der Waals surface area contributed by atoms with Crippen LogP contribution in [0.3, 0.4) is 0 Å². The molecule has 3 aromatic rings. The minimum atomic E-state index is -3.77. The highest BCUT2D eigenvalue weighted by atomic mass is 32.2. The molecule has 24 heavy (non-hydrogen) atoms. The van der Waals surface area contributed by atoms with Crippen molar-refractivity contribution in [1.82, 2.24) is 19.9 Å². The summed E-state index contributed by atoms with van der Waals surface area (Å²) in [5.41, 5.74) is 1.51. The maximum Gasteiger partial charge on any atom is 0.264 e. The predicted molar refractivity (Wildman–Crippen MR) is 89.8 cm³/mol. The third-order valence-electron chi connectivity index (χ3n) is 3.20. The molecule has 0 aliphatic carbocycles. The van der Waals surface area contributed by atoms with Gasteiger partial charge in [0.15, 0.2) is 5.82 Å². The summed E-state index contributed by atoms with van der Waals surface area (Å²) in [4.78, 5) is 16.7. The van der Waals surface area contributed by atoms with Gasteiger partial charge in [0.1, 0.15) is 11.5 Å². The maximum absolute atomic E-state index is 12.4. The first kappa shape index (κ1) is 16.0. The summed E-state index contributed by atoms with van der Waals surface area (Å²) in [6.07, 6.45) is 1.62. The van der Waals surface area contributed by atoms with E-state index in [1.54, 1.807) is 43.5 Å². The van der Waals surface area contributed by atoms with E-state index in [1.807, 2.05) is 6.92 Å². The number of nitrogens with zero attached hydrogens (tertiary/aromatic N) is 4. The van der Waals surface area contributed by atoms with Crippen LogP contribution in [0.15, 0.2) is 53.6 Å². The van der Waals surface area contributed by atoms with Gasteiger partial charge in [-0.1, -0.05) is 23.8 Å². The van der Waals surface area contributed by atoms with Crippen LogP contribution in [0.5, 0.6) is 0 Å². The van der Waals surface area contributed by atoms with Crippen LogP contribution in [0.2, 0.25) is 0 Å². The van der Waals surface area contributed by atoms with Gasteiger partial charge in [0.25, 0.3) is 10.0 Å². The Hall–Kier alpha value is -2.87. The van der Waals surface area contributed by atoms with Gasteiger partial charge in [-0.3, -0.25) is 4.98 Å². The lowest BCUT2D eigenvalue weighted by Gasteiger charge is -2.08. The number of nitrogens with one attached hydrogen (secondary N) is 1. The molecule has 2 aromatic heterocycles. The van der Waals surface area contributed by atoms with Crippen LogP contribution in [-0.2, 0) is 10.0 Å². The van der Waals surface area contributed by atoms with Gasteiger partial charge in [0.05, 0.1) is 4.90 Å². The van der Waals surface area contributed by atoms with E-state index in [0.29, 0.717) is 17.3 Å². The molecule has 0 unspecified atom stereocenters. The number of pyridine rings is 1. The molecule has 0 saturated heterocycles. The highest BCUT2D eigenvalue weighted by Gasteiger charge is 2.17. The molecule has 0 aliphatic heterocycles. The number of sulfonamides is 1. The lowest BCUT2D eigenvalue weighted by molar-refractivity contribution is 0.600. The minimum Gasteiger partial charge on any atom is -0.253 e. The second-order valence-corrected chi connectivity index (χ2v) is 6.85. The van der Waals surface area contributed by atoms with Crippen LogP contribution in [0, 0.1) is 13.8 Å². The van der Waals surface area contributed by atoms with Gasteiger partial charge in [0.2, 0.25) is 5.95 Å². The number of aromatic nitrogens is 4. The van der Waals surface area contributed by atoms with Gasteiger partial charge in [-0.15, -0.1) is 0 Å². The largest absolute Gasteiger partial charge is 0.264 e. The molecule has 0 saturated carbocycles. The average Bonchev–Trinajstić information content (AvgIpc) is 2.55. The average molecular weight is 341 g/mol. The van der Waals surface area contributed by atoms with Gasteiger partial charge in [-0.05, 0) is 38.1 Å². The standard InChI is InChI=1S/C16H15N5O2S/c1-11-6-8-13(9-7-11)24(22,23)21-16-19-12(2)18-15(20-16)14-5-3-4-10-17-14/h3-10H,1-2H3,(H,18,19,20,21). The van der Waals surface area contributed by atoms with Crippen LogP contribution in [0.4, 0.5) is 5.95 Å². The molecule has 0 fully saturated rings. The van der Waals surface area contributed by atoms with E-state index >= 15 is 0 Å². The summed E-state index contributed by atoms with van der Waals surface area (Å²) < 4.78 is 27.3. The summed E-state index contributed by atoms with van der Waals surface area (Å²) in [5, 5.41) is 0. The third-order valence-corrected chi connectivity index (χ3v) is 4.54. The van der Waals surface area contributed by atoms with Crippen LogP contribution in [0.1, 0.15) is 11.4 Å². The van der Waals surface area contributed by atoms with Crippen LogP contribution in [0.25, 0.3) is 11.5 Å². The number of hydrogen-bond acceptors (Lipinski definition) is 6.